The maximum Gasteiger partial charge on any atom is 0.167 e. The lowest BCUT2D eigenvalue weighted by atomic mass is 10.1. The molecule has 0 aromatic carbocycles. The molecule has 1 aromatic heterocycles. The SMILES string of the molecule is Cc1nnc(NC2CCOC2C2CC2)c(C#N)c1C. The predicted molar refractivity (Wildman–Crippen MR) is 70.7 cm³/mol. The summed E-state index contributed by atoms with van der Waals surface area (Å²) < 4.78 is 5.80. The summed E-state index contributed by atoms with van der Waals surface area (Å²) in [6.07, 6.45) is 3.76. The van der Waals surface area contributed by atoms with Crippen LogP contribution in [-0.4, -0.2) is 29.0 Å². The topological polar surface area (TPSA) is 70.8 Å². The predicted octanol–water partition coefficient (Wildman–Crippen LogP) is 1.94. The molecule has 2 aliphatic rings. The maximum atomic E-state index is 9.30. The molecule has 1 aliphatic carbocycles. The molecule has 19 heavy (non-hydrogen) atoms. The zero-order valence-corrected chi connectivity index (χ0v) is 11.3. The quantitative estimate of drug-likeness (QED) is 0.897. The lowest BCUT2D eigenvalue weighted by Gasteiger charge is -2.20. The van der Waals surface area contributed by atoms with E-state index in [4.69, 9.17) is 4.74 Å². The molecule has 5 heteroatoms. The Hall–Kier alpha value is -1.67. The minimum Gasteiger partial charge on any atom is -0.376 e. The van der Waals surface area contributed by atoms with E-state index < -0.39 is 0 Å². The van der Waals surface area contributed by atoms with Gasteiger partial charge < -0.3 is 10.1 Å². The van der Waals surface area contributed by atoms with Crippen molar-refractivity contribution in [3.63, 3.8) is 0 Å². The molecule has 1 aliphatic heterocycles. The van der Waals surface area contributed by atoms with E-state index in [0.29, 0.717) is 17.3 Å². The van der Waals surface area contributed by atoms with Crippen LogP contribution in [0.5, 0.6) is 0 Å². The Morgan fingerprint density at radius 1 is 1.26 bits per heavy atom. The molecule has 0 spiro atoms. The first kappa shape index (κ1) is 12.4. The lowest BCUT2D eigenvalue weighted by molar-refractivity contribution is 0.0898. The molecule has 0 bridgehead atoms. The fourth-order valence-electron chi connectivity index (χ4n) is 2.68. The van der Waals surface area contributed by atoms with Crippen LogP contribution < -0.4 is 5.32 Å². The average Bonchev–Trinajstić information content (AvgIpc) is 3.15. The molecule has 2 fully saturated rings. The van der Waals surface area contributed by atoms with Crippen molar-refractivity contribution >= 4 is 5.82 Å². The molecule has 5 nitrogen and oxygen atoms in total. The summed E-state index contributed by atoms with van der Waals surface area (Å²) in [6, 6.07) is 2.49. The molecule has 1 saturated carbocycles. The van der Waals surface area contributed by atoms with Crippen LogP contribution in [0.15, 0.2) is 0 Å². The van der Waals surface area contributed by atoms with Gasteiger partial charge in [-0.2, -0.15) is 10.4 Å². The van der Waals surface area contributed by atoms with Gasteiger partial charge in [-0.05, 0) is 44.6 Å². The second-order valence-electron chi connectivity index (χ2n) is 5.46. The summed E-state index contributed by atoms with van der Waals surface area (Å²) in [6.45, 7) is 4.58. The summed E-state index contributed by atoms with van der Waals surface area (Å²) in [4.78, 5) is 0. The Kier molecular flexibility index (Phi) is 3.11. The van der Waals surface area contributed by atoms with E-state index in [0.717, 1.165) is 24.3 Å². The number of ether oxygens (including phenoxy) is 1. The number of nitrogens with one attached hydrogen (secondary N) is 1. The largest absolute Gasteiger partial charge is 0.376 e. The molecular weight excluding hydrogens is 240 g/mol. The first-order chi connectivity index (χ1) is 9.20. The average molecular weight is 258 g/mol. The van der Waals surface area contributed by atoms with Crippen molar-refractivity contribution < 1.29 is 4.74 Å². The molecule has 2 unspecified atom stereocenters. The van der Waals surface area contributed by atoms with Crippen LogP contribution in [0.4, 0.5) is 5.82 Å². The van der Waals surface area contributed by atoms with Gasteiger partial charge in [0.2, 0.25) is 0 Å². The number of nitrogens with zero attached hydrogens (tertiary/aromatic N) is 3. The van der Waals surface area contributed by atoms with Gasteiger partial charge in [-0.15, -0.1) is 5.10 Å². The number of aromatic nitrogens is 2. The third-order valence-electron chi connectivity index (χ3n) is 4.11. The van der Waals surface area contributed by atoms with E-state index in [1.165, 1.54) is 12.8 Å². The molecule has 1 aromatic rings. The maximum absolute atomic E-state index is 9.30. The van der Waals surface area contributed by atoms with Gasteiger partial charge >= 0.3 is 0 Å². The second kappa shape index (κ2) is 4.78. The highest BCUT2D eigenvalue weighted by Crippen LogP contribution is 2.39. The van der Waals surface area contributed by atoms with Gasteiger partial charge in [0.05, 0.1) is 17.8 Å². The van der Waals surface area contributed by atoms with E-state index in [1.807, 2.05) is 13.8 Å². The van der Waals surface area contributed by atoms with Crippen molar-refractivity contribution in [2.24, 2.45) is 5.92 Å². The minimum atomic E-state index is 0.260. The molecule has 2 atom stereocenters. The first-order valence-corrected chi connectivity index (χ1v) is 6.83. The van der Waals surface area contributed by atoms with Gasteiger partial charge in [0.1, 0.15) is 11.6 Å². The van der Waals surface area contributed by atoms with E-state index in [2.05, 4.69) is 21.6 Å². The smallest absolute Gasteiger partial charge is 0.167 e. The fourth-order valence-corrected chi connectivity index (χ4v) is 2.68. The van der Waals surface area contributed by atoms with Gasteiger partial charge in [-0.1, -0.05) is 0 Å². The summed E-state index contributed by atoms with van der Waals surface area (Å²) in [5, 5.41) is 20.9. The molecule has 1 saturated heterocycles. The highest BCUT2D eigenvalue weighted by molar-refractivity contribution is 5.56. The molecule has 3 rings (SSSR count). The summed E-state index contributed by atoms with van der Waals surface area (Å²) in [7, 11) is 0. The van der Waals surface area contributed by atoms with Crippen molar-refractivity contribution in [2.75, 3.05) is 11.9 Å². The first-order valence-electron chi connectivity index (χ1n) is 6.83. The Balaban J connectivity index is 1.83. The van der Waals surface area contributed by atoms with E-state index >= 15 is 0 Å². The number of nitriles is 1. The van der Waals surface area contributed by atoms with E-state index in [9.17, 15) is 5.26 Å². The van der Waals surface area contributed by atoms with Crippen molar-refractivity contribution in [3.05, 3.63) is 16.8 Å². The van der Waals surface area contributed by atoms with Gasteiger partial charge in [0.15, 0.2) is 5.82 Å². The van der Waals surface area contributed by atoms with Gasteiger partial charge in [-0.3, -0.25) is 0 Å². The monoisotopic (exact) mass is 258 g/mol. The van der Waals surface area contributed by atoms with Gasteiger partial charge in [0.25, 0.3) is 0 Å². The van der Waals surface area contributed by atoms with Crippen molar-refractivity contribution in [2.45, 2.75) is 45.3 Å². The Labute approximate surface area is 113 Å². The highest BCUT2D eigenvalue weighted by atomic mass is 16.5. The van der Waals surface area contributed by atoms with Crippen LogP contribution in [0.1, 0.15) is 36.1 Å². The van der Waals surface area contributed by atoms with Gasteiger partial charge in [-0.25, -0.2) is 0 Å². The molecule has 1 N–H and O–H groups in total. The third-order valence-corrected chi connectivity index (χ3v) is 4.11. The van der Waals surface area contributed by atoms with Crippen molar-refractivity contribution in [3.8, 4) is 6.07 Å². The van der Waals surface area contributed by atoms with Crippen LogP contribution in [0.2, 0.25) is 0 Å². The Bertz CT molecular complexity index is 533. The zero-order valence-electron chi connectivity index (χ0n) is 11.3. The van der Waals surface area contributed by atoms with Crippen molar-refractivity contribution in [1.29, 1.82) is 5.26 Å². The number of aryl methyl sites for hydroxylation is 1. The number of rotatable bonds is 3. The van der Waals surface area contributed by atoms with Crippen LogP contribution in [-0.2, 0) is 4.74 Å². The highest BCUT2D eigenvalue weighted by Gasteiger charge is 2.41. The van der Waals surface area contributed by atoms with Crippen LogP contribution >= 0.6 is 0 Å². The van der Waals surface area contributed by atoms with E-state index in [1.54, 1.807) is 0 Å². The van der Waals surface area contributed by atoms with Crippen LogP contribution in [0.3, 0.4) is 0 Å². The second-order valence-corrected chi connectivity index (χ2v) is 5.46. The third kappa shape index (κ3) is 2.28. The van der Waals surface area contributed by atoms with Crippen LogP contribution in [0, 0.1) is 31.1 Å². The molecule has 2 heterocycles. The number of hydrogen-bond acceptors (Lipinski definition) is 5. The molecule has 0 radical (unpaired) electrons. The fraction of sp³-hybridized carbons (Fsp3) is 0.643. The van der Waals surface area contributed by atoms with Gasteiger partial charge in [0, 0.05) is 6.61 Å². The Morgan fingerprint density at radius 2 is 2.05 bits per heavy atom. The summed E-state index contributed by atoms with van der Waals surface area (Å²) in [5.74, 6) is 1.29. The minimum absolute atomic E-state index is 0.260. The molecule has 100 valence electrons. The normalized spacial score (nSPS) is 26.2. The Morgan fingerprint density at radius 3 is 2.74 bits per heavy atom. The number of hydrogen-bond donors (Lipinski definition) is 1. The lowest BCUT2D eigenvalue weighted by Crippen LogP contribution is -2.32. The van der Waals surface area contributed by atoms with Crippen LogP contribution in [0.25, 0.3) is 0 Å². The van der Waals surface area contributed by atoms with Crippen molar-refractivity contribution in [1.82, 2.24) is 10.2 Å². The standard InChI is InChI=1S/C14H18N4O/c1-8-9(2)17-18-14(11(8)7-15)16-12-5-6-19-13(12)10-3-4-10/h10,12-13H,3-6H2,1-2H3,(H,16,18). The number of anilines is 1. The molecular formula is C14H18N4O. The zero-order chi connectivity index (χ0) is 13.4. The molecule has 0 amide bonds. The summed E-state index contributed by atoms with van der Waals surface area (Å²) >= 11 is 0. The van der Waals surface area contributed by atoms with E-state index in [-0.39, 0.29) is 12.1 Å². The summed E-state index contributed by atoms with van der Waals surface area (Å²) in [5.41, 5.74) is 2.32.